The van der Waals surface area contributed by atoms with E-state index in [1.54, 1.807) is 6.92 Å². The van der Waals surface area contributed by atoms with Gasteiger partial charge < -0.3 is 10.1 Å². The van der Waals surface area contributed by atoms with E-state index in [9.17, 15) is 4.79 Å². The number of anilines is 1. The molecule has 0 aliphatic rings. The van der Waals surface area contributed by atoms with E-state index in [2.05, 4.69) is 11.9 Å². The van der Waals surface area contributed by atoms with Crippen LogP contribution in [0.2, 0.25) is 0 Å². The molecule has 92 valence electrons. The molecule has 0 amide bonds. The third-order valence-electron chi connectivity index (χ3n) is 2.46. The molecular weight excluding hydrogens is 214 g/mol. The van der Waals surface area contributed by atoms with Gasteiger partial charge in [0.15, 0.2) is 0 Å². The first-order valence-electron chi connectivity index (χ1n) is 5.70. The number of hydrogen-bond donors (Lipinski definition) is 1. The molecule has 0 saturated carbocycles. The van der Waals surface area contributed by atoms with Gasteiger partial charge in [-0.25, -0.2) is 4.79 Å². The largest absolute Gasteiger partial charge is 0.464 e. The molecule has 1 unspecified atom stereocenters. The van der Waals surface area contributed by atoms with Crippen molar-refractivity contribution in [3.8, 4) is 0 Å². The zero-order valence-electron chi connectivity index (χ0n) is 10.6. The SMILES string of the molecule is C=C(C)C(Nc1ccccc1C)C(=O)OCC. The monoisotopic (exact) mass is 233 g/mol. The number of rotatable bonds is 5. The van der Waals surface area contributed by atoms with Gasteiger partial charge in [-0.05, 0) is 38.0 Å². The lowest BCUT2D eigenvalue weighted by Crippen LogP contribution is -2.32. The topological polar surface area (TPSA) is 38.3 Å². The quantitative estimate of drug-likeness (QED) is 0.627. The Kier molecular flexibility index (Phi) is 4.76. The van der Waals surface area contributed by atoms with Gasteiger partial charge in [0.05, 0.1) is 6.61 Å². The average molecular weight is 233 g/mol. The van der Waals surface area contributed by atoms with Gasteiger partial charge in [0.1, 0.15) is 6.04 Å². The number of hydrogen-bond acceptors (Lipinski definition) is 3. The van der Waals surface area contributed by atoms with Crippen LogP contribution in [0.25, 0.3) is 0 Å². The normalized spacial score (nSPS) is 11.7. The first kappa shape index (κ1) is 13.3. The fourth-order valence-corrected chi connectivity index (χ4v) is 1.50. The summed E-state index contributed by atoms with van der Waals surface area (Å²) in [5.41, 5.74) is 2.75. The number of nitrogens with one attached hydrogen (secondary N) is 1. The van der Waals surface area contributed by atoms with Crippen molar-refractivity contribution in [2.75, 3.05) is 11.9 Å². The first-order valence-corrected chi connectivity index (χ1v) is 5.70. The van der Waals surface area contributed by atoms with Gasteiger partial charge >= 0.3 is 5.97 Å². The molecule has 0 bridgehead atoms. The van der Waals surface area contributed by atoms with Crippen LogP contribution in [0.1, 0.15) is 19.4 Å². The number of benzene rings is 1. The number of carbonyl (C=O) groups excluding carboxylic acids is 1. The van der Waals surface area contributed by atoms with Crippen LogP contribution in [0.5, 0.6) is 0 Å². The van der Waals surface area contributed by atoms with E-state index < -0.39 is 6.04 Å². The molecule has 0 aromatic heterocycles. The van der Waals surface area contributed by atoms with Crippen molar-refractivity contribution in [3.63, 3.8) is 0 Å². The third kappa shape index (κ3) is 3.63. The van der Waals surface area contributed by atoms with E-state index in [1.165, 1.54) is 0 Å². The van der Waals surface area contributed by atoms with Crippen molar-refractivity contribution in [3.05, 3.63) is 42.0 Å². The maximum Gasteiger partial charge on any atom is 0.332 e. The lowest BCUT2D eigenvalue weighted by molar-refractivity contribution is -0.143. The highest BCUT2D eigenvalue weighted by Gasteiger charge is 2.20. The molecule has 0 aliphatic heterocycles. The molecule has 1 aromatic carbocycles. The maximum atomic E-state index is 11.8. The first-order chi connectivity index (χ1) is 8.06. The zero-order chi connectivity index (χ0) is 12.8. The minimum atomic E-state index is -0.490. The summed E-state index contributed by atoms with van der Waals surface area (Å²) in [6.07, 6.45) is 0. The van der Waals surface area contributed by atoms with Crippen molar-refractivity contribution in [1.29, 1.82) is 0 Å². The highest BCUT2D eigenvalue weighted by molar-refractivity contribution is 5.83. The van der Waals surface area contributed by atoms with Crippen molar-refractivity contribution < 1.29 is 9.53 Å². The summed E-state index contributed by atoms with van der Waals surface area (Å²) in [6.45, 7) is 9.79. The standard InChI is InChI=1S/C14H19NO2/c1-5-17-14(16)13(10(2)3)15-12-9-7-6-8-11(12)4/h6-9,13,15H,2,5H2,1,3-4H3. The third-order valence-corrected chi connectivity index (χ3v) is 2.46. The van der Waals surface area contributed by atoms with Gasteiger partial charge in [0.2, 0.25) is 0 Å². The molecule has 0 spiro atoms. The van der Waals surface area contributed by atoms with Crippen LogP contribution in [0, 0.1) is 6.92 Å². The van der Waals surface area contributed by atoms with E-state index in [0.717, 1.165) is 16.8 Å². The molecule has 0 radical (unpaired) electrons. The fourth-order valence-electron chi connectivity index (χ4n) is 1.50. The van der Waals surface area contributed by atoms with Crippen LogP contribution in [0.3, 0.4) is 0 Å². The molecule has 3 nitrogen and oxygen atoms in total. The van der Waals surface area contributed by atoms with E-state index in [-0.39, 0.29) is 5.97 Å². The molecule has 0 fully saturated rings. The molecule has 1 atom stereocenters. The summed E-state index contributed by atoms with van der Waals surface area (Å²) in [5, 5.41) is 3.16. The summed E-state index contributed by atoms with van der Waals surface area (Å²) < 4.78 is 5.02. The smallest absolute Gasteiger partial charge is 0.332 e. The molecule has 0 saturated heterocycles. The molecular formula is C14H19NO2. The Morgan fingerprint density at radius 3 is 2.65 bits per heavy atom. The average Bonchev–Trinajstić information content (AvgIpc) is 2.27. The summed E-state index contributed by atoms with van der Waals surface area (Å²) in [5.74, 6) is -0.289. The number of aryl methyl sites for hydroxylation is 1. The predicted octanol–water partition coefficient (Wildman–Crippen LogP) is 2.91. The number of esters is 1. The molecule has 0 heterocycles. The van der Waals surface area contributed by atoms with E-state index in [1.807, 2.05) is 38.1 Å². The Morgan fingerprint density at radius 1 is 1.47 bits per heavy atom. The van der Waals surface area contributed by atoms with Crippen molar-refractivity contribution in [1.82, 2.24) is 0 Å². The second-order valence-electron chi connectivity index (χ2n) is 3.99. The number of para-hydroxylation sites is 1. The molecule has 0 aliphatic carbocycles. The van der Waals surface area contributed by atoms with Crippen LogP contribution >= 0.6 is 0 Å². The summed E-state index contributed by atoms with van der Waals surface area (Å²) in [4.78, 5) is 11.8. The van der Waals surface area contributed by atoms with Crippen molar-refractivity contribution in [2.45, 2.75) is 26.8 Å². The van der Waals surface area contributed by atoms with Gasteiger partial charge in [0.25, 0.3) is 0 Å². The Labute approximate surface area is 102 Å². The molecule has 1 rings (SSSR count). The van der Waals surface area contributed by atoms with E-state index in [4.69, 9.17) is 4.74 Å². The molecule has 3 heteroatoms. The molecule has 1 aromatic rings. The van der Waals surface area contributed by atoms with Crippen LogP contribution < -0.4 is 5.32 Å². The van der Waals surface area contributed by atoms with Crippen LogP contribution in [-0.4, -0.2) is 18.6 Å². The summed E-state index contributed by atoms with van der Waals surface area (Å²) in [6, 6.07) is 7.32. The van der Waals surface area contributed by atoms with Crippen molar-refractivity contribution >= 4 is 11.7 Å². The van der Waals surface area contributed by atoms with Gasteiger partial charge in [-0.3, -0.25) is 0 Å². The predicted molar refractivity (Wildman–Crippen MR) is 70.0 cm³/mol. The highest BCUT2D eigenvalue weighted by Crippen LogP contribution is 2.17. The van der Waals surface area contributed by atoms with E-state index >= 15 is 0 Å². The van der Waals surface area contributed by atoms with Crippen LogP contribution in [-0.2, 0) is 9.53 Å². The van der Waals surface area contributed by atoms with Gasteiger partial charge in [-0.2, -0.15) is 0 Å². The Hall–Kier alpha value is -1.77. The highest BCUT2D eigenvalue weighted by atomic mass is 16.5. The minimum Gasteiger partial charge on any atom is -0.464 e. The van der Waals surface area contributed by atoms with Crippen LogP contribution in [0.4, 0.5) is 5.69 Å². The number of carbonyl (C=O) groups is 1. The lowest BCUT2D eigenvalue weighted by Gasteiger charge is -2.19. The van der Waals surface area contributed by atoms with Crippen LogP contribution in [0.15, 0.2) is 36.4 Å². The lowest BCUT2D eigenvalue weighted by atomic mass is 10.1. The molecule has 17 heavy (non-hydrogen) atoms. The minimum absolute atomic E-state index is 0.289. The van der Waals surface area contributed by atoms with Gasteiger partial charge in [0, 0.05) is 5.69 Å². The second kappa shape index (κ2) is 6.09. The Balaban J connectivity index is 2.84. The molecule has 1 N–H and O–H groups in total. The van der Waals surface area contributed by atoms with Crippen molar-refractivity contribution in [2.24, 2.45) is 0 Å². The van der Waals surface area contributed by atoms with E-state index in [0.29, 0.717) is 6.61 Å². The maximum absolute atomic E-state index is 11.8. The zero-order valence-corrected chi connectivity index (χ0v) is 10.6. The van der Waals surface area contributed by atoms with Gasteiger partial charge in [-0.1, -0.05) is 24.8 Å². The summed E-state index contributed by atoms with van der Waals surface area (Å²) >= 11 is 0. The van der Waals surface area contributed by atoms with Gasteiger partial charge in [-0.15, -0.1) is 0 Å². The second-order valence-corrected chi connectivity index (χ2v) is 3.99. The number of ether oxygens (including phenoxy) is 1. The summed E-state index contributed by atoms with van der Waals surface area (Å²) in [7, 11) is 0. The fraction of sp³-hybridized carbons (Fsp3) is 0.357. The Morgan fingerprint density at radius 2 is 2.12 bits per heavy atom. The Bertz CT molecular complexity index is 412.